The molecule has 0 aliphatic carbocycles. The normalized spacial score (nSPS) is 18.5. The molecule has 1 aliphatic heterocycles. The molecule has 1 N–H and O–H groups in total. The Morgan fingerprint density at radius 2 is 1.91 bits per heavy atom. The predicted octanol–water partition coefficient (Wildman–Crippen LogP) is 4.87. The summed E-state index contributed by atoms with van der Waals surface area (Å²) in [7, 11) is 0.500. The molecule has 2 aromatic rings. The molecular weight excluding hydrogens is 294 g/mol. The van der Waals surface area contributed by atoms with Crippen LogP contribution in [0.15, 0.2) is 12.1 Å². The first kappa shape index (κ1) is 17.9. The van der Waals surface area contributed by atoms with Crippen LogP contribution < -0.4 is 0 Å². The maximum absolute atomic E-state index is 14.0. The van der Waals surface area contributed by atoms with Gasteiger partial charge < -0.3 is 4.98 Å². The Morgan fingerprint density at radius 1 is 1.26 bits per heavy atom. The summed E-state index contributed by atoms with van der Waals surface area (Å²) >= 11 is 0. The molecule has 0 amide bonds. The van der Waals surface area contributed by atoms with Crippen molar-refractivity contribution in [2.24, 2.45) is 0 Å². The molecule has 2 nitrogen and oxygen atoms in total. The van der Waals surface area contributed by atoms with E-state index in [2.05, 4.69) is 42.8 Å². The molecule has 1 aromatic carbocycles. The summed E-state index contributed by atoms with van der Waals surface area (Å²) < 4.78 is 23.5. The van der Waals surface area contributed by atoms with Crippen LogP contribution >= 0.6 is 0 Å². The molecule has 0 spiro atoms. The monoisotopic (exact) mass is 322 g/mol. The summed E-state index contributed by atoms with van der Waals surface area (Å²) in [4.78, 5) is 5.83. The third-order valence-corrected chi connectivity index (χ3v) is 4.51. The van der Waals surface area contributed by atoms with Gasteiger partial charge in [0.15, 0.2) is 0 Å². The van der Waals surface area contributed by atoms with Gasteiger partial charge in [0.2, 0.25) is 0 Å². The van der Waals surface area contributed by atoms with Crippen LogP contribution in [0.3, 0.4) is 0 Å². The van der Waals surface area contributed by atoms with E-state index < -0.39 is 5.67 Å². The summed E-state index contributed by atoms with van der Waals surface area (Å²) in [5, 5.41) is 1.36. The van der Waals surface area contributed by atoms with Gasteiger partial charge in [0, 0.05) is 35.7 Å². The average Bonchev–Trinajstić information content (AvgIpc) is 2.78. The average molecular weight is 322 g/mol. The van der Waals surface area contributed by atoms with Crippen molar-refractivity contribution in [3.63, 3.8) is 0 Å². The van der Waals surface area contributed by atoms with Crippen molar-refractivity contribution in [3.8, 4) is 0 Å². The molecule has 0 fully saturated rings. The van der Waals surface area contributed by atoms with E-state index in [-0.39, 0.29) is 0 Å². The molecule has 0 saturated carbocycles. The number of nitrogens with one attached hydrogen (secondary N) is 1. The van der Waals surface area contributed by atoms with Gasteiger partial charge in [-0.2, -0.15) is 0 Å². The van der Waals surface area contributed by atoms with Gasteiger partial charge in [-0.3, -0.25) is 9.29 Å². The molecule has 0 radical (unpaired) electrons. The molecular formula is C19H28F2N2. The molecule has 128 valence electrons. The first-order valence-corrected chi connectivity index (χ1v) is 8.16. The minimum absolute atomic E-state index is 0.382. The number of rotatable bonds is 2. The smallest absolute Gasteiger partial charge is 0.118 e. The molecule has 2 heterocycles. The predicted molar refractivity (Wildman–Crippen MR) is 93.6 cm³/mol. The number of aryl methyl sites for hydroxylation is 2. The van der Waals surface area contributed by atoms with Crippen LogP contribution in [0.4, 0.5) is 8.78 Å². The molecule has 1 aromatic heterocycles. The van der Waals surface area contributed by atoms with Crippen LogP contribution in [0.5, 0.6) is 0 Å². The van der Waals surface area contributed by atoms with E-state index in [0.29, 0.717) is 19.8 Å². The first-order chi connectivity index (χ1) is 10.7. The van der Waals surface area contributed by atoms with Gasteiger partial charge in [0.25, 0.3) is 0 Å². The Balaban J connectivity index is 0.000000924. The van der Waals surface area contributed by atoms with Crippen molar-refractivity contribution in [1.82, 2.24) is 9.88 Å². The van der Waals surface area contributed by atoms with Crippen molar-refractivity contribution < 1.29 is 8.78 Å². The van der Waals surface area contributed by atoms with Crippen LogP contribution in [-0.4, -0.2) is 35.3 Å². The van der Waals surface area contributed by atoms with Gasteiger partial charge in [0.05, 0.1) is 7.18 Å². The molecule has 0 unspecified atom stereocenters. The van der Waals surface area contributed by atoms with Crippen molar-refractivity contribution in [1.29, 1.82) is 0 Å². The van der Waals surface area contributed by atoms with E-state index in [1.165, 1.54) is 33.3 Å². The zero-order valence-corrected chi connectivity index (χ0v) is 15.1. The first-order valence-electron chi connectivity index (χ1n) is 8.16. The number of fused-ring (bicyclic) bond motifs is 3. The van der Waals surface area contributed by atoms with E-state index in [1.54, 1.807) is 13.8 Å². The summed E-state index contributed by atoms with van der Waals surface area (Å²) in [6.07, 6.45) is 0.994. The highest BCUT2D eigenvalue weighted by molar-refractivity contribution is 5.88. The van der Waals surface area contributed by atoms with Gasteiger partial charge >= 0.3 is 0 Å². The van der Waals surface area contributed by atoms with Gasteiger partial charge in [-0.1, -0.05) is 11.6 Å². The number of halogens is 2. The fourth-order valence-corrected chi connectivity index (χ4v) is 3.61. The minimum Gasteiger partial charge on any atom is -0.357 e. The Kier molecular flexibility index (Phi) is 5.14. The molecule has 1 atom stereocenters. The second-order valence-corrected chi connectivity index (χ2v) is 7.26. The van der Waals surface area contributed by atoms with E-state index in [1.807, 2.05) is 0 Å². The fourth-order valence-electron chi connectivity index (χ4n) is 3.61. The lowest BCUT2D eigenvalue weighted by molar-refractivity contribution is 0.0853. The second-order valence-electron chi connectivity index (χ2n) is 7.26. The molecule has 3 rings (SSSR count). The lowest BCUT2D eigenvalue weighted by Crippen LogP contribution is -2.44. The topological polar surface area (TPSA) is 19.0 Å². The summed E-state index contributed by atoms with van der Waals surface area (Å²) in [6.45, 7) is 11.1. The van der Waals surface area contributed by atoms with Crippen molar-refractivity contribution >= 4 is 10.9 Å². The number of hydrogen-bond donors (Lipinski definition) is 1. The van der Waals surface area contributed by atoms with Gasteiger partial charge in [-0.15, -0.1) is 0 Å². The zero-order chi connectivity index (χ0) is 17.4. The standard InChI is InChI=1S/C18H25FN2.CH3F/c1-11-6-12(2)17-15(7-11)14-8-13(3)21(9-16(14)20-17)10-18(4,5)19;1-2/h6-7,13,20H,8-10H2,1-5H3;1H3/t13-;/m1./s1. The molecule has 0 saturated heterocycles. The number of aromatic nitrogens is 1. The largest absolute Gasteiger partial charge is 0.357 e. The number of H-pyrrole nitrogens is 1. The second kappa shape index (κ2) is 6.60. The number of benzene rings is 1. The van der Waals surface area contributed by atoms with Gasteiger partial charge in [-0.05, 0) is 58.2 Å². The van der Waals surface area contributed by atoms with Gasteiger partial charge in [0.1, 0.15) is 5.67 Å². The Bertz CT molecular complexity index is 683. The van der Waals surface area contributed by atoms with E-state index in [9.17, 15) is 8.78 Å². The number of nitrogens with zero attached hydrogens (tertiary/aromatic N) is 1. The number of hydrogen-bond acceptors (Lipinski definition) is 1. The lowest BCUT2D eigenvalue weighted by Gasteiger charge is -2.36. The van der Waals surface area contributed by atoms with Crippen LogP contribution in [0.25, 0.3) is 10.9 Å². The Morgan fingerprint density at radius 3 is 2.52 bits per heavy atom. The van der Waals surface area contributed by atoms with Crippen LogP contribution in [0, 0.1) is 13.8 Å². The molecule has 23 heavy (non-hydrogen) atoms. The van der Waals surface area contributed by atoms with Crippen LogP contribution in [-0.2, 0) is 13.0 Å². The van der Waals surface area contributed by atoms with E-state index >= 15 is 0 Å². The van der Waals surface area contributed by atoms with E-state index in [0.717, 1.165) is 13.0 Å². The zero-order valence-electron chi connectivity index (χ0n) is 15.1. The van der Waals surface area contributed by atoms with Crippen molar-refractivity contribution in [3.05, 3.63) is 34.5 Å². The van der Waals surface area contributed by atoms with Gasteiger partial charge in [-0.25, -0.2) is 4.39 Å². The van der Waals surface area contributed by atoms with Crippen LogP contribution in [0.1, 0.15) is 43.2 Å². The minimum atomic E-state index is -1.15. The van der Waals surface area contributed by atoms with Crippen molar-refractivity contribution in [2.75, 3.05) is 13.7 Å². The fraction of sp³-hybridized carbons (Fsp3) is 0.579. The Hall–Kier alpha value is -1.42. The highest BCUT2D eigenvalue weighted by Crippen LogP contribution is 2.33. The summed E-state index contributed by atoms with van der Waals surface area (Å²) in [5.41, 5.74) is 5.40. The summed E-state index contributed by atoms with van der Waals surface area (Å²) in [5.74, 6) is 0. The third-order valence-electron chi connectivity index (χ3n) is 4.51. The third kappa shape index (κ3) is 3.74. The lowest BCUT2D eigenvalue weighted by atomic mass is 9.95. The maximum Gasteiger partial charge on any atom is 0.118 e. The summed E-state index contributed by atoms with van der Waals surface area (Å²) in [6, 6.07) is 4.88. The number of alkyl halides is 2. The Labute approximate surface area is 137 Å². The van der Waals surface area contributed by atoms with E-state index in [4.69, 9.17) is 0 Å². The van der Waals surface area contributed by atoms with Crippen LogP contribution in [0.2, 0.25) is 0 Å². The highest BCUT2D eigenvalue weighted by Gasteiger charge is 2.30. The SMILES string of the molecule is CF.Cc1cc(C)c2[nH]c3c(c2c1)C[C@@H](C)N(CC(C)(C)F)C3. The quantitative estimate of drug-likeness (QED) is 0.836. The maximum atomic E-state index is 14.0. The highest BCUT2D eigenvalue weighted by atomic mass is 19.1. The molecule has 1 aliphatic rings. The number of aromatic amines is 1. The molecule has 0 bridgehead atoms. The van der Waals surface area contributed by atoms with Crippen molar-refractivity contribution in [2.45, 2.75) is 59.3 Å². The molecule has 4 heteroatoms.